The predicted octanol–water partition coefficient (Wildman–Crippen LogP) is 1.27. The number of hydrogen-bond donors (Lipinski definition) is 1. The zero-order valence-electron chi connectivity index (χ0n) is 6.95. The SMILES string of the molecule is CCc1cncc(CC(=O)O)c1. The van der Waals surface area contributed by atoms with Crippen LogP contribution in [0, 0.1) is 0 Å². The molecule has 0 bridgehead atoms. The minimum absolute atomic E-state index is 0.0564. The molecule has 1 aromatic rings. The van der Waals surface area contributed by atoms with Gasteiger partial charge in [-0.1, -0.05) is 13.0 Å². The van der Waals surface area contributed by atoms with Crippen LogP contribution >= 0.6 is 0 Å². The predicted molar refractivity (Wildman–Crippen MR) is 45.0 cm³/mol. The number of pyridine rings is 1. The standard InChI is InChI=1S/C9H11NO2/c1-2-7-3-8(4-9(11)12)6-10-5-7/h3,5-6H,2,4H2,1H3,(H,11,12). The Bertz CT molecular complexity index is 284. The van der Waals surface area contributed by atoms with Gasteiger partial charge in [0.05, 0.1) is 6.42 Å². The third kappa shape index (κ3) is 2.34. The minimum atomic E-state index is -0.815. The molecule has 0 saturated carbocycles. The van der Waals surface area contributed by atoms with Crippen LogP contribution < -0.4 is 0 Å². The van der Waals surface area contributed by atoms with Crippen molar-refractivity contribution in [3.63, 3.8) is 0 Å². The van der Waals surface area contributed by atoms with E-state index in [1.165, 1.54) is 0 Å². The molecule has 0 fully saturated rings. The Balaban J connectivity index is 2.79. The largest absolute Gasteiger partial charge is 0.481 e. The molecule has 3 heteroatoms. The number of aromatic nitrogens is 1. The van der Waals surface area contributed by atoms with Crippen LogP contribution in [0.3, 0.4) is 0 Å². The van der Waals surface area contributed by atoms with Crippen LogP contribution in [0.2, 0.25) is 0 Å². The monoisotopic (exact) mass is 165 g/mol. The maximum absolute atomic E-state index is 10.3. The Morgan fingerprint density at radius 3 is 2.75 bits per heavy atom. The van der Waals surface area contributed by atoms with Crippen molar-refractivity contribution in [2.45, 2.75) is 19.8 Å². The number of carboxylic acids is 1. The lowest BCUT2D eigenvalue weighted by atomic mass is 10.1. The van der Waals surface area contributed by atoms with Crippen LogP contribution in [0.1, 0.15) is 18.1 Å². The number of aryl methyl sites for hydroxylation is 1. The molecule has 0 spiro atoms. The van der Waals surface area contributed by atoms with E-state index in [1.807, 2.05) is 13.0 Å². The van der Waals surface area contributed by atoms with Crippen molar-refractivity contribution in [1.29, 1.82) is 0 Å². The molecule has 1 aromatic heterocycles. The highest BCUT2D eigenvalue weighted by atomic mass is 16.4. The highest BCUT2D eigenvalue weighted by Crippen LogP contribution is 2.03. The molecule has 0 aliphatic rings. The molecule has 0 aliphatic heterocycles. The van der Waals surface area contributed by atoms with Gasteiger partial charge in [-0.05, 0) is 17.5 Å². The van der Waals surface area contributed by atoms with Gasteiger partial charge in [0.2, 0.25) is 0 Å². The van der Waals surface area contributed by atoms with Crippen molar-refractivity contribution in [2.75, 3.05) is 0 Å². The summed E-state index contributed by atoms with van der Waals surface area (Å²) in [7, 11) is 0. The number of hydrogen-bond acceptors (Lipinski definition) is 2. The summed E-state index contributed by atoms with van der Waals surface area (Å²) in [5.41, 5.74) is 1.84. The first-order valence-electron chi connectivity index (χ1n) is 3.87. The lowest BCUT2D eigenvalue weighted by molar-refractivity contribution is -0.136. The van der Waals surface area contributed by atoms with Crippen molar-refractivity contribution < 1.29 is 9.90 Å². The van der Waals surface area contributed by atoms with Gasteiger partial charge in [-0.15, -0.1) is 0 Å². The summed E-state index contributed by atoms with van der Waals surface area (Å²) in [6, 6.07) is 1.88. The van der Waals surface area contributed by atoms with Crippen molar-refractivity contribution in [1.82, 2.24) is 4.98 Å². The Labute approximate surface area is 71.1 Å². The zero-order chi connectivity index (χ0) is 8.97. The van der Waals surface area contributed by atoms with Crippen LogP contribution in [0.15, 0.2) is 18.5 Å². The summed E-state index contributed by atoms with van der Waals surface area (Å²) in [6.07, 6.45) is 4.29. The highest BCUT2D eigenvalue weighted by molar-refractivity contribution is 5.70. The van der Waals surface area contributed by atoms with E-state index in [4.69, 9.17) is 5.11 Å². The van der Waals surface area contributed by atoms with Crippen LogP contribution in [-0.4, -0.2) is 16.1 Å². The summed E-state index contributed by atoms with van der Waals surface area (Å²) in [5, 5.41) is 8.50. The maximum atomic E-state index is 10.3. The lowest BCUT2D eigenvalue weighted by Gasteiger charge is -1.98. The third-order valence-corrected chi connectivity index (χ3v) is 1.62. The van der Waals surface area contributed by atoms with Crippen LogP contribution in [-0.2, 0) is 17.6 Å². The van der Waals surface area contributed by atoms with Gasteiger partial charge >= 0.3 is 5.97 Å². The first kappa shape index (κ1) is 8.71. The van der Waals surface area contributed by atoms with E-state index >= 15 is 0 Å². The van der Waals surface area contributed by atoms with Gasteiger partial charge in [0.1, 0.15) is 0 Å². The van der Waals surface area contributed by atoms with Crippen LogP contribution in [0.25, 0.3) is 0 Å². The van der Waals surface area contributed by atoms with Crippen molar-refractivity contribution >= 4 is 5.97 Å². The second-order valence-electron chi connectivity index (χ2n) is 2.63. The molecule has 0 saturated heterocycles. The van der Waals surface area contributed by atoms with Gasteiger partial charge in [0.15, 0.2) is 0 Å². The van der Waals surface area contributed by atoms with E-state index in [2.05, 4.69) is 4.98 Å². The molecule has 1 rings (SSSR count). The molecular weight excluding hydrogens is 154 g/mol. The molecule has 1 N–H and O–H groups in total. The van der Waals surface area contributed by atoms with E-state index < -0.39 is 5.97 Å². The van der Waals surface area contributed by atoms with Gasteiger partial charge < -0.3 is 5.11 Å². The zero-order valence-corrected chi connectivity index (χ0v) is 6.95. The van der Waals surface area contributed by atoms with Crippen molar-refractivity contribution in [2.24, 2.45) is 0 Å². The quantitative estimate of drug-likeness (QED) is 0.733. The molecule has 12 heavy (non-hydrogen) atoms. The van der Waals surface area contributed by atoms with Gasteiger partial charge in [0.25, 0.3) is 0 Å². The van der Waals surface area contributed by atoms with E-state index in [-0.39, 0.29) is 6.42 Å². The first-order valence-corrected chi connectivity index (χ1v) is 3.87. The first-order chi connectivity index (χ1) is 5.72. The lowest BCUT2D eigenvalue weighted by Crippen LogP contribution is -2.00. The molecule has 64 valence electrons. The molecule has 0 amide bonds. The summed E-state index contributed by atoms with van der Waals surface area (Å²) in [4.78, 5) is 14.3. The average Bonchev–Trinajstić information content (AvgIpc) is 2.03. The number of rotatable bonds is 3. The molecule has 3 nitrogen and oxygen atoms in total. The Morgan fingerprint density at radius 1 is 1.50 bits per heavy atom. The molecule has 1 heterocycles. The van der Waals surface area contributed by atoms with Gasteiger partial charge in [-0.25, -0.2) is 0 Å². The molecule has 0 atom stereocenters. The molecular formula is C9H11NO2. The van der Waals surface area contributed by atoms with Crippen molar-refractivity contribution in [3.05, 3.63) is 29.6 Å². The summed E-state index contributed by atoms with van der Waals surface area (Å²) in [5.74, 6) is -0.815. The summed E-state index contributed by atoms with van der Waals surface area (Å²) < 4.78 is 0. The van der Waals surface area contributed by atoms with Gasteiger partial charge in [0, 0.05) is 12.4 Å². The number of carboxylic acid groups (broad SMARTS) is 1. The maximum Gasteiger partial charge on any atom is 0.307 e. The van der Waals surface area contributed by atoms with E-state index in [9.17, 15) is 4.79 Å². The fourth-order valence-electron chi connectivity index (χ4n) is 1.01. The highest BCUT2D eigenvalue weighted by Gasteiger charge is 2.00. The molecule has 0 unspecified atom stereocenters. The van der Waals surface area contributed by atoms with Crippen molar-refractivity contribution in [3.8, 4) is 0 Å². The molecule has 0 aliphatic carbocycles. The van der Waals surface area contributed by atoms with Crippen LogP contribution in [0.5, 0.6) is 0 Å². The average molecular weight is 165 g/mol. The van der Waals surface area contributed by atoms with E-state index in [0.29, 0.717) is 0 Å². The number of aliphatic carboxylic acids is 1. The number of carbonyl (C=O) groups is 1. The fourth-order valence-corrected chi connectivity index (χ4v) is 1.01. The Hall–Kier alpha value is -1.38. The van der Waals surface area contributed by atoms with Gasteiger partial charge in [-0.2, -0.15) is 0 Å². The summed E-state index contributed by atoms with van der Waals surface area (Å²) >= 11 is 0. The molecule has 0 radical (unpaired) electrons. The van der Waals surface area contributed by atoms with E-state index in [0.717, 1.165) is 17.5 Å². The Morgan fingerprint density at radius 2 is 2.17 bits per heavy atom. The van der Waals surface area contributed by atoms with Crippen LogP contribution in [0.4, 0.5) is 0 Å². The smallest absolute Gasteiger partial charge is 0.307 e. The fraction of sp³-hybridized carbons (Fsp3) is 0.333. The second-order valence-corrected chi connectivity index (χ2v) is 2.63. The number of nitrogens with zero attached hydrogens (tertiary/aromatic N) is 1. The molecule has 0 aromatic carbocycles. The summed E-state index contributed by atoms with van der Waals surface area (Å²) in [6.45, 7) is 2.02. The van der Waals surface area contributed by atoms with E-state index in [1.54, 1.807) is 12.4 Å². The second kappa shape index (κ2) is 3.85. The van der Waals surface area contributed by atoms with Gasteiger partial charge in [-0.3, -0.25) is 9.78 Å². The third-order valence-electron chi connectivity index (χ3n) is 1.62. The minimum Gasteiger partial charge on any atom is -0.481 e. The Kier molecular flexibility index (Phi) is 2.80. The topological polar surface area (TPSA) is 50.2 Å². The normalized spacial score (nSPS) is 9.75.